The van der Waals surface area contributed by atoms with Crippen LogP contribution >= 0.6 is 0 Å². The summed E-state index contributed by atoms with van der Waals surface area (Å²) in [5.74, 6) is -0.544. The summed E-state index contributed by atoms with van der Waals surface area (Å²) < 4.78 is 32.4. The number of nitrogens with zero attached hydrogens (tertiary/aromatic N) is 2. The third kappa shape index (κ3) is 5.36. The highest BCUT2D eigenvalue weighted by Crippen LogP contribution is 2.35. The molecule has 0 aliphatic carbocycles. The number of nitrogens with two attached hydrogens (primary N) is 1. The zero-order valence-electron chi connectivity index (χ0n) is 18.9. The average Bonchev–Trinajstić information content (AvgIpc) is 2.78. The highest BCUT2D eigenvalue weighted by Gasteiger charge is 2.40. The molecular weight excluding hydrogens is 431 g/mol. The zero-order chi connectivity index (χ0) is 24.4. The summed E-state index contributed by atoms with van der Waals surface area (Å²) in [6.07, 6.45) is -0.519. The first-order valence-electron chi connectivity index (χ1n) is 10.7. The van der Waals surface area contributed by atoms with Crippen molar-refractivity contribution in [2.75, 3.05) is 25.6 Å². The lowest BCUT2D eigenvalue weighted by Gasteiger charge is -2.29. The van der Waals surface area contributed by atoms with Crippen molar-refractivity contribution in [3.63, 3.8) is 0 Å². The molecule has 0 radical (unpaired) electrons. The molecule has 2 heterocycles. The number of ether oxygens (including phenoxy) is 1. The van der Waals surface area contributed by atoms with Crippen molar-refractivity contribution in [2.45, 2.75) is 36.0 Å². The van der Waals surface area contributed by atoms with E-state index < -0.39 is 29.7 Å². The van der Waals surface area contributed by atoms with Gasteiger partial charge in [-0.05, 0) is 24.5 Å². The lowest BCUT2D eigenvalue weighted by atomic mass is 9.39. The van der Waals surface area contributed by atoms with Gasteiger partial charge in [0.05, 0.1) is 42.0 Å². The van der Waals surface area contributed by atoms with Crippen molar-refractivity contribution in [3.8, 4) is 11.3 Å². The lowest BCUT2D eigenvalue weighted by Crippen LogP contribution is -2.39. The van der Waals surface area contributed by atoms with Crippen LogP contribution in [0.2, 0.25) is 0 Å². The second-order valence-electron chi connectivity index (χ2n) is 9.24. The number of halogens is 2. The number of rotatable bonds is 7. The topological polar surface area (TPSA) is 131 Å². The molecule has 33 heavy (non-hydrogen) atoms. The Morgan fingerprint density at radius 2 is 1.97 bits per heavy atom. The Bertz CT molecular complexity index is 1020. The first-order valence-corrected chi connectivity index (χ1v) is 10.7. The highest BCUT2D eigenvalue weighted by atomic mass is 19.3. The van der Waals surface area contributed by atoms with Crippen LogP contribution < -0.4 is 11.1 Å². The van der Waals surface area contributed by atoms with Crippen molar-refractivity contribution in [3.05, 3.63) is 41.2 Å². The quantitative estimate of drug-likeness (QED) is 0.357. The van der Waals surface area contributed by atoms with Crippen LogP contribution in [0.4, 0.5) is 14.6 Å². The summed E-state index contributed by atoms with van der Waals surface area (Å²) in [5, 5.41) is 22.3. The number of aliphatic hydroxyl groups excluding tert-OH is 1. The van der Waals surface area contributed by atoms with Crippen molar-refractivity contribution in [1.82, 2.24) is 15.3 Å². The van der Waals surface area contributed by atoms with Gasteiger partial charge in [0.2, 0.25) is 0 Å². The van der Waals surface area contributed by atoms with E-state index in [0.29, 0.717) is 31.6 Å². The number of anilines is 1. The largest absolute Gasteiger partial charge is 0.393 e. The molecule has 1 aliphatic heterocycles. The monoisotopic (exact) mass is 458 g/mol. The fourth-order valence-electron chi connectivity index (χ4n) is 3.76. The Kier molecular flexibility index (Phi) is 7.45. The highest BCUT2D eigenvalue weighted by molar-refractivity contribution is 6.59. The summed E-state index contributed by atoms with van der Waals surface area (Å²) in [7, 11) is 5.79. The van der Waals surface area contributed by atoms with E-state index in [0.717, 1.165) is 5.56 Å². The van der Waals surface area contributed by atoms with Crippen molar-refractivity contribution >= 4 is 35.3 Å². The van der Waals surface area contributed by atoms with Crippen LogP contribution in [0.3, 0.4) is 0 Å². The van der Waals surface area contributed by atoms with Gasteiger partial charge >= 0.3 is 0 Å². The normalized spacial score (nSPS) is 17.0. The van der Waals surface area contributed by atoms with E-state index in [1.165, 1.54) is 18.3 Å². The van der Waals surface area contributed by atoms with Gasteiger partial charge in [-0.3, -0.25) is 4.79 Å². The Hall–Kier alpha value is -2.50. The number of hydrogen-bond donors (Lipinski definition) is 4. The number of alkyl halides is 2. The van der Waals surface area contributed by atoms with Crippen LogP contribution in [0.15, 0.2) is 24.4 Å². The van der Waals surface area contributed by atoms with Gasteiger partial charge in [-0.25, -0.2) is 18.7 Å². The van der Waals surface area contributed by atoms with Crippen LogP contribution in [0.25, 0.3) is 11.3 Å². The Labute approximate surface area is 193 Å². The standard InChI is InChI=1S/C20H27B3F2N4O4/c21-20(22,23)13-2-1-10(19(32,9-30)18(24)25)7-12(13)14-8-27-16(26)15(29-14)17(31)28-11-3-5-33-6-4-11/h1-2,7-8,11,18,30,32H,3-6,9,21-23H2,(H2,26,27)(H,28,31). The van der Waals surface area contributed by atoms with Gasteiger partial charge in [-0.1, -0.05) is 22.8 Å². The molecule has 5 N–H and O–H groups in total. The van der Waals surface area contributed by atoms with Gasteiger partial charge in [-0.2, -0.15) is 0 Å². The Morgan fingerprint density at radius 3 is 2.55 bits per heavy atom. The molecule has 1 amide bonds. The van der Waals surface area contributed by atoms with Crippen LogP contribution in [-0.2, 0) is 15.5 Å². The Morgan fingerprint density at radius 1 is 1.30 bits per heavy atom. The minimum absolute atomic E-state index is 0.0591. The first-order chi connectivity index (χ1) is 15.5. The smallest absolute Gasteiger partial charge is 0.273 e. The maximum atomic E-state index is 13.6. The maximum Gasteiger partial charge on any atom is 0.273 e. The molecule has 174 valence electrons. The van der Waals surface area contributed by atoms with Crippen LogP contribution in [0, 0.1) is 0 Å². The molecule has 0 bridgehead atoms. The fourth-order valence-corrected chi connectivity index (χ4v) is 3.76. The fraction of sp³-hybridized carbons (Fsp3) is 0.450. The molecule has 1 unspecified atom stereocenters. The number of nitrogens with one attached hydrogen (secondary N) is 1. The molecule has 1 aliphatic rings. The number of aromatic nitrogens is 2. The molecule has 1 aromatic carbocycles. The second kappa shape index (κ2) is 9.78. The molecule has 2 aromatic rings. The van der Waals surface area contributed by atoms with Gasteiger partial charge in [0.1, 0.15) is 0 Å². The number of nitrogen functional groups attached to an aromatic ring is 1. The van der Waals surface area contributed by atoms with E-state index in [-0.39, 0.29) is 28.8 Å². The number of carbonyl (C=O) groups excluding carboxylic acids is 1. The molecular formula is C20H27B3F2N4O4. The van der Waals surface area contributed by atoms with Gasteiger partial charge in [0.15, 0.2) is 17.1 Å². The summed E-state index contributed by atoms with van der Waals surface area (Å²) >= 11 is 0. The van der Waals surface area contributed by atoms with Gasteiger partial charge in [0.25, 0.3) is 12.3 Å². The molecule has 1 saturated heterocycles. The van der Waals surface area contributed by atoms with E-state index in [1.807, 2.05) is 23.5 Å². The second-order valence-corrected chi connectivity index (χ2v) is 9.24. The molecule has 0 spiro atoms. The molecule has 13 heteroatoms. The van der Waals surface area contributed by atoms with E-state index in [4.69, 9.17) is 10.5 Å². The number of benzene rings is 1. The average molecular weight is 458 g/mol. The summed E-state index contributed by atoms with van der Waals surface area (Å²) in [6, 6.07) is 4.24. The molecule has 3 rings (SSSR count). The SMILES string of the molecule is BC(B)(B)c1ccc(C(O)(CO)C(F)F)cc1-c1cnc(N)c(C(=O)NC2CCOCC2)n1. The predicted octanol–water partition coefficient (Wildman–Crippen LogP) is -1.91. The van der Waals surface area contributed by atoms with E-state index in [2.05, 4.69) is 15.3 Å². The lowest BCUT2D eigenvalue weighted by molar-refractivity contribution is -0.129. The number of hydrogen-bond acceptors (Lipinski definition) is 7. The van der Waals surface area contributed by atoms with E-state index in [1.54, 1.807) is 6.07 Å². The van der Waals surface area contributed by atoms with Crippen molar-refractivity contribution < 1.29 is 28.5 Å². The summed E-state index contributed by atoms with van der Waals surface area (Å²) in [4.78, 5) is 21.4. The van der Waals surface area contributed by atoms with Crippen molar-refractivity contribution in [2.24, 2.45) is 0 Å². The van der Waals surface area contributed by atoms with Gasteiger partial charge < -0.3 is 26.0 Å². The first kappa shape index (κ1) is 25.1. The molecule has 0 saturated carbocycles. The number of amides is 1. The molecule has 1 fully saturated rings. The summed E-state index contributed by atoms with van der Waals surface area (Å²) in [6.45, 7) is -0.0667. The number of carbonyl (C=O) groups is 1. The molecule has 8 nitrogen and oxygen atoms in total. The molecule has 1 atom stereocenters. The third-order valence-corrected chi connectivity index (χ3v) is 5.78. The van der Waals surface area contributed by atoms with Crippen LogP contribution in [0.1, 0.15) is 34.5 Å². The van der Waals surface area contributed by atoms with Crippen LogP contribution in [-0.4, -0.2) is 81.9 Å². The Balaban J connectivity index is 2.08. The minimum Gasteiger partial charge on any atom is -0.393 e. The van der Waals surface area contributed by atoms with Gasteiger partial charge in [0, 0.05) is 24.8 Å². The molecule has 1 aromatic heterocycles. The summed E-state index contributed by atoms with van der Waals surface area (Å²) in [5.41, 5.74) is 4.31. The van der Waals surface area contributed by atoms with E-state index in [9.17, 15) is 23.8 Å². The predicted molar refractivity (Wildman–Crippen MR) is 127 cm³/mol. The third-order valence-electron chi connectivity index (χ3n) is 5.78. The minimum atomic E-state index is -3.21. The van der Waals surface area contributed by atoms with Crippen LogP contribution in [0.5, 0.6) is 0 Å². The van der Waals surface area contributed by atoms with E-state index >= 15 is 0 Å². The van der Waals surface area contributed by atoms with Crippen molar-refractivity contribution in [1.29, 1.82) is 0 Å². The zero-order valence-corrected chi connectivity index (χ0v) is 18.9. The number of aliphatic hydroxyl groups is 2. The maximum absolute atomic E-state index is 13.6. The van der Waals surface area contributed by atoms with Gasteiger partial charge in [-0.15, -0.1) is 0 Å².